The van der Waals surface area contributed by atoms with Crippen LogP contribution < -0.4 is 10.1 Å². The highest BCUT2D eigenvalue weighted by Gasteiger charge is 2.24. The Morgan fingerprint density at radius 1 is 1.40 bits per heavy atom. The van der Waals surface area contributed by atoms with E-state index in [1.807, 2.05) is 24.3 Å². The minimum Gasteiger partial charge on any atom is -0.488 e. The maximum absolute atomic E-state index is 11.7. The lowest BCUT2D eigenvalue weighted by atomic mass is 10.0. The zero-order valence-corrected chi connectivity index (χ0v) is 14.3. The predicted molar refractivity (Wildman–Crippen MR) is 93.0 cm³/mol. The van der Waals surface area contributed by atoms with Gasteiger partial charge in [0.25, 0.3) is 0 Å². The third-order valence-corrected chi connectivity index (χ3v) is 4.72. The molecule has 0 aliphatic carbocycles. The van der Waals surface area contributed by atoms with E-state index in [1.165, 1.54) is 10.5 Å². The summed E-state index contributed by atoms with van der Waals surface area (Å²) < 4.78 is 5.95. The molecule has 0 bridgehead atoms. The van der Waals surface area contributed by atoms with Gasteiger partial charge >= 0.3 is 12.1 Å². The van der Waals surface area contributed by atoms with Gasteiger partial charge in [-0.2, -0.15) is 0 Å². The molecule has 0 saturated carbocycles. The largest absolute Gasteiger partial charge is 0.488 e. The number of benzene rings is 1. The topological polar surface area (TPSA) is 82.1 Å². The zero-order valence-electron chi connectivity index (χ0n) is 14.3. The van der Waals surface area contributed by atoms with Crippen LogP contribution in [0.25, 0.3) is 0 Å². The molecule has 2 heterocycles. The van der Waals surface area contributed by atoms with Gasteiger partial charge in [0.1, 0.15) is 11.9 Å². The van der Waals surface area contributed by atoms with Crippen molar-refractivity contribution in [2.75, 3.05) is 32.7 Å². The first-order chi connectivity index (χ1) is 12.1. The number of nitrogens with one attached hydrogen (secondary N) is 1. The van der Waals surface area contributed by atoms with E-state index in [0.29, 0.717) is 26.1 Å². The van der Waals surface area contributed by atoms with Crippen LogP contribution in [0.15, 0.2) is 24.3 Å². The molecule has 0 spiro atoms. The van der Waals surface area contributed by atoms with Crippen molar-refractivity contribution in [3.63, 3.8) is 0 Å². The molecule has 25 heavy (non-hydrogen) atoms. The summed E-state index contributed by atoms with van der Waals surface area (Å²) in [4.78, 5) is 26.4. The number of hydrogen-bond acceptors (Lipinski definition) is 3. The fraction of sp³-hybridized carbons (Fsp3) is 0.556. The Kier molecular flexibility index (Phi) is 5.63. The number of rotatable bonds is 6. The molecule has 1 aromatic carbocycles. The molecule has 1 unspecified atom stereocenters. The highest BCUT2D eigenvalue weighted by molar-refractivity contribution is 5.74. The number of urea groups is 1. The van der Waals surface area contributed by atoms with Crippen LogP contribution in [0.2, 0.25) is 0 Å². The standard InChI is InChI=1S/C18H25N3O4/c22-17-19-9-3-10-20(17)11-4-12-21(18(23)24)13-15-8-7-14-5-1-2-6-16(14)25-15/h1-2,5-6,15H,3-4,7-13H2,(H,19,22)(H,23,24). The lowest BCUT2D eigenvalue weighted by Crippen LogP contribution is -2.47. The van der Waals surface area contributed by atoms with Crippen molar-refractivity contribution >= 4 is 12.1 Å². The van der Waals surface area contributed by atoms with Crippen LogP contribution in [0.4, 0.5) is 9.59 Å². The van der Waals surface area contributed by atoms with Crippen LogP contribution in [0.5, 0.6) is 5.75 Å². The third-order valence-electron chi connectivity index (χ3n) is 4.72. The molecular formula is C18H25N3O4. The summed E-state index contributed by atoms with van der Waals surface area (Å²) in [5, 5.41) is 12.3. The van der Waals surface area contributed by atoms with Crippen molar-refractivity contribution in [1.29, 1.82) is 0 Å². The molecule has 7 heteroatoms. The quantitative estimate of drug-likeness (QED) is 0.826. The molecule has 136 valence electrons. The number of aryl methyl sites for hydroxylation is 1. The zero-order chi connectivity index (χ0) is 17.6. The summed E-state index contributed by atoms with van der Waals surface area (Å²) in [5.74, 6) is 0.856. The Balaban J connectivity index is 1.48. The predicted octanol–water partition coefficient (Wildman–Crippen LogP) is 2.17. The number of ether oxygens (including phenoxy) is 1. The van der Waals surface area contributed by atoms with E-state index in [0.717, 1.165) is 38.1 Å². The van der Waals surface area contributed by atoms with Gasteiger partial charge in [0.15, 0.2) is 0 Å². The van der Waals surface area contributed by atoms with E-state index in [9.17, 15) is 14.7 Å². The molecule has 1 fully saturated rings. The Morgan fingerprint density at radius 3 is 3.04 bits per heavy atom. The van der Waals surface area contributed by atoms with Crippen LogP contribution in [-0.2, 0) is 6.42 Å². The Labute approximate surface area is 147 Å². The molecule has 1 aromatic rings. The average molecular weight is 347 g/mol. The van der Waals surface area contributed by atoms with Gasteiger partial charge in [-0.3, -0.25) is 0 Å². The molecule has 2 aliphatic heterocycles. The molecular weight excluding hydrogens is 322 g/mol. The highest BCUT2D eigenvalue weighted by atomic mass is 16.5. The molecule has 3 amide bonds. The lowest BCUT2D eigenvalue weighted by molar-refractivity contribution is 0.0959. The van der Waals surface area contributed by atoms with Gasteiger partial charge in [0, 0.05) is 26.2 Å². The number of hydrogen-bond donors (Lipinski definition) is 2. The molecule has 0 aromatic heterocycles. The van der Waals surface area contributed by atoms with E-state index >= 15 is 0 Å². The molecule has 3 rings (SSSR count). The third kappa shape index (κ3) is 4.55. The molecule has 1 saturated heterocycles. The summed E-state index contributed by atoms with van der Waals surface area (Å²) in [6.45, 7) is 2.79. The van der Waals surface area contributed by atoms with E-state index in [2.05, 4.69) is 5.32 Å². The van der Waals surface area contributed by atoms with Crippen LogP contribution in [0.3, 0.4) is 0 Å². The van der Waals surface area contributed by atoms with Crippen molar-refractivity contribution in [3.05, 3.63) is 29.8 Å². The van der Waals surface area contributed by atoms with Gasteiger partial charge in [0.2, 0.25) is 0 Å². The number of carboxylic acid groups (broad SMARTS) is 1. The summed E-state index contributed by atoms with van der Waals surface area (Å²) in [6, 6.07) is 7.84. The molecule has 0 radical (unpaired) electrons. The van der Waals surface area contributed by atoms with Crippen LogP contribution >= 0.6 is 0 Å². The second kappa shape index (κ2) is 8.09. The van der Waals surface area contributed by atoms with E-state index in [-0.39, 0.29) is 12.1 Å². The maximum Gasteiger partial charge on any atom is 0.407 e. The number of carbonyl (C=O) groups excluding carboxylic acids is 1. The fourth-order valence-electron chi connectivity index (χ4n) is 3.36. The number of nitrogens with zero attached hydrogens (tertiary/aromatic N) is 2. The summed E-state index contributed by atoms with van der Waals surface area (Å²) in [5.41, 5.74) is 1.18. The fourth-order valence-corrected chi connectivity index (χ4v) is 3.36. The normalized spacial score (nSPS) is 19.6. The molecule has 1 atom stereocenters. The first kappa shape index (κ1) is 17.4. The van der Waals surface area contributed by atoms with Gasteiger partial charge in [-0.25, -0.2) is 9.59 Å². The Morgan fingerprint density at radius 2 is 2.24 bits per heavy atom. The van der Waals surface area contributed by atoms with E-state index in [4.69, 9.17) is 4.74 Å². The monoisotopic (exact) mass is 347 g/mol. The van der Waals surface area contributed by atoms with Crippen LogP contribution in [-0.4, -0.2) is 65.9 Å². The first-order valence-corrected chi connectivity index (χ1v) is 8.88. The minimum absolute atomic E-state index is 0.0552. The Bertz CT molecular complexity index is 622. The van der Waals surface area contributed by atoms with E-state index < -0.39 is 6.09 Å². The highest BCUT2D eigenvalue weighted by Crippen LogP contribution is 2.27. The number of amides is 3. The SMILES string of the molecule is O=C(O)N(CCCN1CCCNC1=O)CC1CCc2ccccc2O1. The molecule has 2 N–H and O–H groups in total. The minimum atomic E-state index is -0.939. The van der Waals surface area contributed by atoms with Gasteiger partial charge in [-0.15, -0.1) is 0 Å². The molecule has 7 nitrogen and oxygen atoms in total. The summed E-state index contributed by atoms with van der Waals surface area (Å²) >= 11 is 0. The first-order valence-electron chi connectivity index (χ1n) is 8.88. The average Bonchev–Trinajstić information content (AvgIpc) is 2.62. The molecule has 2 aliphatic rings. The Hall–Kier alpha value is -2.44. The van der Waals surface area contributed by atoms with Gasteiger partial charge in [-0.1, -0.05) is 18.2 Å². The van der Waals surface area contributed by atoms with Crippen molar-refractivity contribution in [2.45, 2.75) is 31.8 Å². The van der Waals surface area contributed by atoms with Gasteiger partial charge in [-0.05, 0) is 37.3 Å². The van der Waals surface area contributed by atoms with Gasteiger partial charge in [0.05, 0.1) is 6.54 Å². The number of fused-ring (bicyclic) bond motifs is 1. The van der Waals surface area contributed by atoms with Gasteiger partial charge < -0.3 is 25.0 Å². The number of carbonyl (C=O) groups is 2. The summed E-state index contributed by atoms with van der Waals surface area (Å²) in [6.07, 6.45) is 2.22. The van der Waals surface area contributed by atoms with Crippen LogP contribution in [0.1, 0.15) is 24.8 Å². The lowest BCUT2D eigenvalue weighted by Gasteiger charge is -2.31. The number of para-hydroxylation sites is 1. The summed E-state index contributed by atoms with van der Waals surface area (Å²) in [7, 11) is 0. The van der Waals surface area contributed by atoms with Crippen molar-refractivity contribution in [1.82, 2.24) is 15.1 Å². The van der Waals surface area contributed by atoms with E-state index in [1.54, 1.807) is 4.90 Å². The van der Waals surface area contributed by atoms with Crippen molar-refractivity contribution in [3.8, 4) is 5.75 Å². The second-order valence-corrected chi connectivity index (χ2v) is 6.54. The van der Waals surface area contributed by atoms with Crippen molar-refractivity contribution in [2.24, 2.45) is 0 Å². The smallest absolute Gasteiger partial charge is 0.407 e. The second-order valence-electron chi connectivity index (χ2n) is 6.54. The maximum atomic E-state index is 11.7. The van der Waals surface area contributed by atoms with Crippen molar-refractivity contribution < 1.29 is 19.4 Å². The van der Waals surface area contributed by atoms with Crippen LogP contribution in [0, 0.1) is 0 Å².